The standard InChI is InChI=1S/C18H22F3N3/c1-3-4-5-6-11-22-17-23-15(12-16(24-17)18(19,20)21)14-9-7-13(2)8-10-14/h7-10,12H,3-6,11H2,1-2H3,(H,22,23,24). The highest BCUT2D eigenvalue weighted by molar-refractivity contribution is 5.61. The minimum atomic E-state index is -4.50. The van der Waals surface area contributed by atoms with Crippen LogP contribution >= 0.6 is 0 Å². The first kappa shape index (κ1) is 18.2. The number of rotatable bonds is 7. The molecule has 0 unspecified atom stereocenters. The summed E-state index contributed by atoms with van der Waals surface area (Å²) in [5.41, 5.74) is 1.03. The third-order valence-electron chi connectivity index (χ3n) is 3.68. The lowest BCUT2D eigenvalue weighted by Crippen LogP contribution is -2.13. The van der Waals surface area contributed by atoms with Crippen LogP contribution in [0.1, 0.15) is 43.9 Å². The Bertz CT molecular complexity index is 652. The summed E-state index contributed by atoms with van der Waals surface area (Å²) in [4.78, 5) is 7.86. The molecule has 1 N–H and O–H groups in total. The molecule has 0 aliphatic carbocycles. The largest absolute Gasteiger partial charge is 0.433 e. The zero-order valence-corrected chi connectivity index (χ0v) is 14.0. The molecule has 1 aromatic heterocycles. The van der Waals surface area contributed by atoms with Gasteiger partial charge in [-0.1, -0.05) is 56.0 Å². The Kier molecular flexibility index (Phi) is 6.17. The van der Waals surface area contributed by atoms with Gasteiger partial charge in [-0.05, 0) is 19.4 Å². The van der Waals surface area contributed by atoms with Crippen LogP contribution in [0.3, 0.4) is 0 Å². The second-order valence-corrected chi connectivity index (χ2v) is 5.81. The van der Waals surface area contributed by atoms with Gasteiger partial charge in [0.2, 0.25) is 5.95 Å². The van der Waals surface area contributed by atoms with E-state index in [-0.39, 0.29) is 11.6 Å². The summed E-state index contributed by atoms with van der Waals surface area (Å²) in [6, 6.07) is 8.23. The van der Waals surface area contributed by atoms with Crippen molar-refractivity contribution in [1.82, 2.24) is 9.97 Å². The summed E-state index contributed by atoms with van der Waals surface area (Å²) in [7, 11) is 0. The fourth-order valence-corrected chi connectivity index (χ4v) is 2.30. The van der Waals surface area contributed by atoms with E-state index in [0.29, 0.717) is 12.1 Å². The van der Waals surface area contributed by atoms with Crippen molar-refractivity contribution in [3.8, 4) is 11.3 Å². The molecule has 1 aromatic carbocycles. The number of benzene rings is 1. The summed E-state index contributed by atoms with van der Waals surface area (Å²) in [5, 5.41) is 2.92. The molecule has 6 heteroatoms. The second kappa shape index (κ2) is 8.13. The Balaban J connectivity index is 2.23. The smallest absolute Gasteiger partial charge is 0.354 e. The lowest BCUT2D eigenvalue weighted by atomic mass is 10.1. The van der Waals surface area contributed by atoms with Crippen LogP contribution in [0.15, 0.2) is 30.3 Å². The van der Waals surface area contributed by atoms with Crippen LogP contribution in [0.5, 0.6) is 0 Å². The number of alkyl halides is 3. The van der Waals surface area contributed by atoms with Gasteiger partial charge in [-0.2, -0.15) is 13.2 Å². The molecule has 0 atom stereocenters. The fourth-order valence-electron chi connectivity index (χ4n) is 2.30. The molecule has 24 heavy (non-hydrogen) atoms. The molecule has 0 fully saturated rings. The lowest BCUT2D eigenvalue weighted by Gasteiger charge is -2.12. The van der Waals surface area contributed by atoms with E-state index in [0.717, 1.165) is 37.3 Å². The molecule has 0 aliphatic rings. The monoisotopic (exact) mass is 337 g/mol. The average Bonchev–Trinajstić information content (AvgIpc) is 2.54. The topological polar surface area (TPSA) is 37.8 Å². The van der Waals surface area contributed by atoms with Crippen molar-refractivity contribution in [1.29, 1.82) is 0 Å². The van der Waals surface area contributed by atoms with Crippen molar-refractivity contribution >= 4 is 5.95 Å². The molecular formula is C18H22F3N3. The number of unbranched alkanes of at least 4 members (excludes halogenated alkanes) is 3. The van der Waals surface area contributed by atoms with Crippen LogP contribution in [0.2, 0.25) is 0 Å². The Morgan fingerprint density at radius 2 is 1.71 bits per heavy atom. The third-order valence-corrected chi connectivity index (χ3v) is 3.68. The van der Waals surface area contributed by atoms with Crippen molar-refractivity contribution in [3.05, 3.63) is 41.6 Å². The molecule has 1 heterocycles. The minimum absolute atomic E-state index is 0.0249. The average molecular weight is 337 g/mol. The predicted octanol–water partition coefficient (Wildman–Crippen LogP) is 5.46. The number of aryl methyl sites for hydroxylation is 1. The maximum Gasteiger partial charge on any atom is 0.433 e. The molecule has 0 amide bonds. The van der Waals surface area contributed by atoms with Gasteiger partial charge in [0, 0.05) is 12.1 Å². The van der Waals surface area contributed by atoms with E-state index in [9.17, 15) is 13.2 Å². The predicted molar refractivity (Wildman–Crippen MR) is 89.8 cm³/mol. The molecule has 0 spiro atoms. The summed E-state index contributed by atoms with van der Waals surface area (Å²) >= 11 is 0. The third kappa shape index (κ3) is 5.22. The highest BCUT2D eigenvalue weighted by atomic mass is 19.4. The first-order valence-corrected chi connectivity index (χ1v) is 8.17. The van der Waals surface area contributed by atoms with Crippen LogP contribution in [-0.4, -0.2) is 16.5 Å². The van der Waals surface area contributed by atoms with Gasteiger partial charge in [0.1, 0.15) is 0 Å². The number of halogens is 3. The molecule has 2 aromatic rings. The Hall–Kier alpha value is -2.11. The van der Waals surface area contributed by atoms with Gasteiger partial charge in [-0.3, -0.25) is 0 Å². The van der Waals surface area contributed by atoms with Crippen LogP contribution in [0.4, 0.5) is 19.1 Å². The summed E-state index contributed by atoms with van der Waals surface area (Å²) in [6.07, 6.45) is -0.362. The van der Waals surface area contributed by atoms with Gasteiger partial charge >= 0.3 is 6.18 Å². The maximum absolute atomic E-state index is 13.1. The fraction of sp³-hybridized carbons (Fsp3) is 0.444. The number of nitrogens with zero attached hydrogens (tertiary/aromatic N) is 2. The van der Waals surface area contributed by atoms with E-state index in [2.05, 4.69) is 22.2 Å². The van der Waals surface area contributed by atoms with E-state index in [1.54, 1.807) is 12.1 Å². The summed E-state index contributed by atoms with van der Waals surface area (Å²) in [5.74, 6) is 0.0249. The first-order valence-electron chi connectivity index (χ1n) is 8.17. The zero-order chi connectivity index (χ0) is 17.6. The number of aromatic nitrogens is 2. The molecule has 0 saturated carbocycles. The molecule has 2 rings (SSSR count). The van der Waals surface area contributed by atoms with Gasteiger partial charge in [0.05, 0.1) is 5.69 Å². The van der Waals surface area contributed by atoms with E-state index in [1.165, 1.54) is 0 Å². The van der Waals surface area contributed by atoms with Gasteiger partial charge in [-0.25, -0.2) is 9.97 Å². The lowest BCUT2D eigenvalue weighted by molar-refractivity contribution is -0.141. The molecule has 0 saturated heterocycles. The van der Waals surface area contributed by atoms with E-state index >= 15 is 0 Å². The Morgan fingerprint density at radius 1 is 1.00 bits per heavy atom. The minimum Gasteiger partial charge on any atom is -0.354 e. The van der Waals surface area contributed by atoms with Crippen LogP contribution in [-0.2, 0) is 6.18 Å². The van der Waals surface area contributed by atoms with E-state index < -0.39 is 11.9 Å². The Labute approximate surface area is 140 Å². The Morgan fingerprint density at radius 3 is 2.33 bits per heavy atom. The molecular weight excluding hydrogens is 315 g/mol. The van der Waals surface area contributed by atoms with Gasteiger partial charge in [0.25, 0.3) is 0 Å². The highest BCUT2D eigenvalue weighted by Gasteiger charge is 2.33. The normalized spacial score (nSPS) is 11.5. The van der Waals surface area contributed by atoms with Crippen LogP contribution in [0, 0.1) is 6.92 Å². The number of hydrogen-bond acceptors (Lipinski definition) is 3. The maximum atomic E-state index is 13.1. The quantitative estimate of drug-likeness (QED) is 0.681. The first-order chi connectivity index (χ1) is 11.4. The van der Waals surface area contributed by atoms with Crippen LogP contribution in [0.25, 0.3) is 11.3 Å². The van der Waals surface area contributed by atoms with E-state index in [4.69, 9.17) is 0 Å². The van der Waals surface area contributed by atoms with Crippen molar-refractivity contribution in [2.75, 3.05) is 11.9 Å². The van der Waals surface area contributed by atoms with Crippen molar-refractivity contribution in [2.45, 2.75) is 45.7 Å². The molecule has 0 aliphatic heterocycles. The van der Waals surface area contributed by atoms with Gasteiger partial charge < -0.3 is 5.32 Å². The highest BCUT2D eigenvalue weighted by Crippen LogP contribution is 2.31. The van der Waals surface area contributed by atoms with Crippen LogP contribution < -0.4 is 5.32 Å². The van der Waals surface area contributed by atoms with Crippen molar-refractivity contribution < 1.29 is 13.2 Å². The van der Waals surface area contributed by atoms with Crippen molar-refractivity contribution in [2.24, 2.45) is 0 Å². The zero-order valence-electron chi connectivity index (χ0n) is 14.0. The molecule has 130 valence electrons. The molecule has 3 nitrogen and oxygen atoms in total. The van der Waals surface area contributed by atoms with Crippen molar-refractivity contribution in [3.63, 3.8) is 0 Å². The number of nitrogens with one attached hydrogen (secondary N) is 1. The van der Waals surface area contributed by atoms with Gasteiger partial charge in [0.15, 0.2) is 5.69 Å². The summed E-state index contributed by atoms with van der Waals surface area (Å²) < 4.78 is 39.3. The summed E-state index contributed by atoms with van der Waals surface area (Å²) in [6.45, 7) is 4.60. The van der Waals surface area contributed by atoms with E-state index in [1.807, 2.05) is 19.1 Å². The number of anilines is 1. The van der Waals surface area contributed by atoms with Gasteiger partial charge in [-0.15, -0.1) is 0 Å². The SMILES string of the molecule is CCCCCCNc1nc(-c2ccc(C)cc2)cc(C(F)(F)F)n1. The molecule has 0 radical (unpaired) electrons. The molecule has 0 bridgehead atoms. The number of hydrogen-bond donors (Lipinski definition) is 1. The second-order valence-electron chi connectivity index (χ2n) is 5.81.